The van der Waals surface area contributed by atoms with E-state index in [0.29, 0.717) is 35.3 Å². The van der Waals surface area contributed by atoms with Crippen LogP contribution in [0, 0.1) is 0 Å². The Bertz CT molecular complexity index is 499. The van der Waals surface area contributed by atoms with Crippen LogP contribution in [0.5, 0.6) is 11.5 Å². The Morgan fingerprint density at radius 3 is 2.65 bits per heavy atom. The summed E-state index contributed by atoms with van der Waals surface area (Å²) in [7, 11) is 0. The van der Waals surface area contributed by atoms with Gasteiger partial charge in [-0.3, -0.25) is 0 Å². The van der Waals surface area contributed by atoms with Crippen molar-refractivity contribution in [2.45, 2.75) is 20.3 Å². The van der Waals surface area contributed by atoms with Gasteiger partial charge in [0.15, 0.2) is 11.5 Å². The fourth-order valence-electron chi connectivity index (χ4n) is 1.43. The van der Waals surface area contributed by atoms with Gasteiger partial charge in [-0.1, -0.05) is 18.5 Å². The van der Waals surface area contributed by atoms with E-state index in [1.54, 1.807) is 12.1 Å². The van der Waals surface area contributed by atoms with Crippen LogP contribution in [0.3, 0.4) is 0 Å². The summed E-state index contributed by atoms with van der Waals surface area (Å²) >= 11 is 6.20. The lowest BCUT2D eigenvalue weighted by molar-refractivity contribution is 0.277. The van der Waals surface area contributed by atoms with Crippen LogP contribution in [-0.2, 0) is 0 Å². The molecule has 0 aliphatic rings. The quantitative estimate of drug-likeness (QED) is 0.458. The summed E-state index contributed by atoms with van der Waals surface area (Å²) in [5.74, 6) is 0.995. The number of nitrogens with zero attached hydrogens (tertiary/aromatic N) is 2. The molecule has 0 unspecified atom stereocenters. The highest BCUT2D eigenvalue weighted by Gasteiger charge is 2.11. The number of guanidine groups is 1. The third-order valence-corrected chi connectivity index (χ3v) is 2.44. The average Bonchev–Trinajstić information content (AvgIpc) is 2.38. The molecule has 0 fully saturated rings. The van der Waals surface area contributed by atoms with E-state index in [9.17, 15) is 0 Å². The second-order valence-electron chi connectivity index (χ2n) is 3.88. The number of hydrogen-bond acceptors (Lipinski definition) is 4. The van der Waals surface area contributed by atoms with E-state index in [1.165, 1.54) is 6.21 Å². The summed E-state index contributed by atoms with van der Waals surface area (Å²) < 4.78 is 11.1. The summed E-state index contributed by atoms with van der Waals surface area (Å²) in [4.78, 5) is 0. The molecule has 0 heterocycles. The predicted molar refractivity (Wildman–Crippen MR) is 81.8 cm³/mol. The van der Waals surface area contributed by atoms with E-state index in [4.69, 9.17) is 32.5 Å². The first-order chi connectivity index (χ1) is 9.58. The van der Waals surface area contributed by atoms with Crippen molar-refractivity contribution in [2.24, 2.45) is 21.7 Å². The minimum Gasteiger partial charge on any atom is -0.490 e. The maximum Gasteiger partial charge on any atom is 0.211 e. The molecule has 0 bridgehead atoms. The second-order valence-corrected chi connectivity index (χ2v) is 4.29. The number of benzene rings is 1. The van der Waals surface area contributed by atoms with Crippen molar-refractivity contribution in [3.05, 3.63) is 22.7 Å². The Morgan fingerprint density at radius 1 is 1.30 bits per heavy atom. The van der Waals surface area contributed by atoms with Gasteiger partial charge in [0.2, 0.25) is 5.96 Å². The standard InChI is InChI=1S/C13H19ClN4O2/c1-3-5-20-12-10(14)6-9(7-11(12)19-4-2)8-17-18-13(15)16/h6-8H,3-5H2,1-2H3,(H4,15,16,18)/b17-8-. The van der Waals surface area contributed by atoms with Gasteiger partial charge in [-0.25, -0.2) is 0 Å². The van der Waals surface area contributed by atoms with Crippen LogP contribution in [0.1, 0.15) is 25.8 Å². The van der Waals surface area contributed by atoms with Crippen LogP contribution >= 0.6 is 11.6 Å². The third kappa shape index (κ3) is 4.97. The van der Waals surface area contributed by atoms with Gasteiger partial charge in [0.05, 0.1) is 24.5 Å². The monoisotopic (exact) mass is 298 g/mol. The molecule has 0 saturated carbocycles. The molecule has 4 N–H and O–H groups in total. The van der Waals surface area contributed by atoms with Crippen molar-refractivity contribution in [1.82, 2.24) is 0 Å². The molecule has 0 spiro atoms. The first-order valence-corrected chi connectivity index (χ1v) is 6.67. The highest BCUT2D eigenvalue weighted by Crippen LogP contribution is 2.36. The molecule has 0 saturated heterocycles. The van der Waals surface area contributed by atoms with Gasteiger partial charge in [0.25, 0.3) is 0 Å². The maximum absolute atomic E-state index is 6.20. The fraction of sp³-hybridized carbons (Fsp3) is 0.385. The first kappa shape index (κ1) is 16.1. The molecule has 110 valence electrons. The number of hydrogen-bond donors (Lipinski definition) is 2. The zero-order chi connectivity index (χ0) is 15.0. The Morgan fingerprint density at radius 2 is 2.05 bits per heavy atom. The van der Waals surface area contributed by atoms with Crippen LogP contribution in [0.15, 0.2) is 22.3 Å². The van der Waals surface area contributed by atoms with Crippen LogP contribution in [0.25, 0.3) is 0 Å². The number of nitrogens with two attached hydrogens (primary N) is 2. The molecule has 1 aromatic carbocycles. The predicted octanol–water partition coefficient (Wildman–Crippen LogP) is 2.13. The van der Waals surface area contributed by atoms with Crippen molar-refractivity contribution < 1.29 is 9.47 Å². The summed E-state index contributed by atoms with van der Waals surface area (Å²) in [6.45, 7) is 4.98. The average molecular weight is 299 g/mol. The molecular formula is C13H19ClN4O2. The van der Waals surface area contributed by atoms with E-state index >= 15 is 0 Å². The Hall–Kier alpha value is -1.95. The molecule has 0 aliphatic heterocycles. The van der Waals surface area contributed by atoms with Gasteiger partial charge in [0, 0.05) is 5.56 Å². The third-order valence-electron chi connectivity index (χ3n) is 2.16. The second kappa shape index (κ2) is 8.27. The number of halogens is 1. The van der Waals surface area contributed by atoms with Crippen molar-refractivity contribution in [3.8, 4) is 11.5 Å². The van der Waals surface area contributed by atoms with Gasteiger partial charge in [-0.15, -0.1) is 5.10 Å². The van der Waals surface area contributed by atoms with Crippen molar-refractivity contribution in [3.63, 3.8) is 0 Å². The smallest absolute Gasteiger partial charge is 0.211 e. The summed E-state index contributed by atoms with van der Waals surface area (Å²) in [5.41, 5.74) is 11.1. The summed E-state index contributed by atoms with van der Waals surface area (Å²) in [6.07, 6.45) is 2.37. The molecule has 0 amide bonds. The lowest BCUT2D eigenvalue weighted by Gasteiger charge is -2.13. The van der Waals surface area contributed by atoms with Gasteiger partial charge in [0.1, 0.15) is 0 Å². The van der Waals surface area contributed by atoms with Crippen molar-refractivity contribution >= 4 is 23.8 Å². The Balaban J connectivity index is 3.05. The lowest BCUT2D eigenvalue weighted by Crippen LogP contribution is -2.21. The Kier molecular flexibility index (Phi) is 6.66. The number of rotatable bonds is 7. The topological polar surface area (TPSA) is 95.2 Å². The molecule has 0 aromatic heterocycles. The molecule has 1 rings (SSSR count). The van der Waals surface area contributed by atoms with Crippen LogP contribution < -0.4 is 20.9 Å². The zero-order valence-electron chi connectivity index (χ0n) is 11.6. The highest BCUT2D eigenvalue weighted by molar-refractivity contribution is 6.32. The molecule has 20 heavy (non-hydrogen) atoms. The van der Waals surface area contributed by atoms with E-state index in [-0.39, 0.29) is 5.96 Å². The lowest BCUT2D eigenvalue weighted by atomic mass is 10.2. The number of ether oxygens (including phenoxy) is 2. The van der Waals surface area contributed by atoms with Crippen LogP contribution in [0.4, 0.5) is 0 Å². The SMILES string of the molecule is CCCOc1c(Cl)cc(/C=N\N=C(N)N)cc1OCC. The van der Waals surface area contributed by atoms with Gasteiger partial charge >= 0.3 is 0 Å². The van der Waals surface area contributed by atoms with Gasteiger partial charge in [-0.2, -0.15) is 5.10 Å². The molecule has 1 aromatic rings. The minimum absolute atomic E-state index is 0.111. The van der Waals surface area contributed by atoms with E-state index < -0.39 is 0 Å². The summed E-state index contributed by atoms with van der Waals surface area (Å²) in [5, 5.41) is 7.71. The van der Waals surface area contributed by atoms with Crippen molar-refractivity contribution in [1.29, 1.82) is 0 Å². The normalized spacial score (nSPS) is 10.6. The van der Waals surface area contributed by atoms with Gasteiger partial charge in [-0.05, 0) is 25.5 Å². The molecule has 0 radical (unpaired) electrons. The van der Waals surface area contributed by atoms with Crippen LogP contribution in [0.2, 0.25) is 5.02 Å². The highest BCUT2D eigenvalue weighted by atomic mass is 35.5. The van der Waals surface area contributed by atoms with Gasteiger partial charge < -0.3 is 20.9 Å². The molecule has 6 nitrogen and oxygen atoms in total. The van der Waals surface area contributed by atoms with Crippen LogP contribution in [-0.4, -0.2) is 25.4 Å². The molecular weight excluding hydrogens is 280 g/mol. The summed E-state index contributed by atoms with van der Waals surface area (Å²) in [6, 6.07) is 3.48. The van der Waals surface area contributed by atoms with E-state index in [2.05, 4.69) is 10.2 Å². The minimum atomic E-state index is -0.111. The Labute approximate surface area is 123 Å². The largest absolute Gasteiger partial charge is 0.490 e. The zero-order valence-corrected chi connectivity index (χ0v) is 12.4. The fourth-order valence-corrected chi connectivity index (χ4v) is 1.71. The van der Waals surface area contributed by atoms with Crippen molar-refractivity contribution in [2.75, 3.05) is 13.2 Å². The first-order valence-electron chi connectivity index (χ1n) is 6.29. The maximum atomic E-state index is 6.20. The molecule has 0 aliphatic carbocycles. The van der Waals surface area contributed by atoms with E-state index in [1.807, 2.05) is 13.8 Å². The molecule has 7 heteroatoms. The van der Waals surface area contributed by atoms with E-state index in [0.717, 1.165) is 6.42 Å². The molecule has 0 atom stereocenters.